The van der Waals surface area contributed by atoms with E-state index in [0.717, 1.165) is 24.0 Å². The molecule has 0 aliphatic heterocycles. The fourth-order valence-corrected chi connectivity index (χ4v) is 2.70. The average molecular weight is 240 g/mol. The second kappa shape index (κ2) is 5.15. The average Bonchev–Trinajstić information content (AvgIpc) is 2.32. The van der Waals surface area contributed by atoms with E-state index in [-0.39, 0.29) is 0 Å². The molecule has 0 radical (unpaired) electrons. The quantitative estimate of drug-likeness (QED) is 0.799. The summed E-state index contributed by atoms with van der Waals surface area (Å²) in [5.74, 6) is 0.356. The van der Waals surface area contributed by atoms with Gasteiger partial charge in [0.05, 0.1) is 6.10 Å². The van der Waals surface area contributed by atoms with Crippen LogP contribution in [0.3, 0.4) is 0 Å². The Labute approximate surface area is 102 Å². The van der Waals surface area contributed by atoms with E-state index < -0.39 is 6.10 Å². The predicted octanol–water partition coefficient (Wildman–Crippen LogP) is 3.66. The van der Waals surface area contributed by atoms with E-state index in [1.165, 1.54) is 19.3 Å². The molecule has 2 nitrogen and oxygen atoms in total. The van der Waals surface area contributed by atoms with Crippen molar-refractivity contribution in [1.29, 1.82) is 0 Å². The monoisotopic (exact) mass is 239 g/mol. The number of aryl methyl sites for hydroxylation is 1. The second-order valence-electron chi connectivity index (χ2n) is 4.74. The third kappa shape index (κ3) is 2.55. The fourth-order valence-electron chi connectivity index (χ4n) is 2.49. The normalized spacial score (nSPS) is 19.7. The molecule has 88 valence electrons. The van der Waals surface area contributed by atoms with Crippen molar-refractivity contribution in [1.82, 2.24) is 4.98 Å². The molecule has 1 N–H and O–H groups in total. The van der Waals surface area contributed by atoms with Gasteiger partial charge in [-0.05, 0) is 37.3 Å². The van der Waals surface area contributed by atoms with Gasteiger partial charge in [0.1, 0.15) is 5.15 Å². The van der Waals surface area contributed by atoms with Crippen molar-refractivity contribution in [2.24, 2.45) is 5.92 Å². The van der Waals surface area contributed by atoms with Crippen LogP contribution >= 0.6 is 11.6 Å². The van der Waals surface area contributed by atoms with Crippen molar-refractivity contribution in [3.05, 3.63) is 28.5 Å². The van der Waals surface area contributed by atoms with Crippen LogP contribution < -0.4 is 0 Å². The highest BCUT2D eigenvalue weighted by Gasteiger charge is 2.25. The van der Waals surface area contributed by atoms with Crippen LogP contribution in [0.4, 0.5) is 0 Å². The summed E-state index contributed by atoms with van der Waals surface area (Å²) in [4.78, 5) is 4.10. The zero-order chi connectivity index (χ0) is 11.5. The molecule has 1 atom stereocenters. The molecule has 0 bridgehead atoms. The van der Waals surface area contributed by atoms with E-state index >= 15 is 0 Å². The number of halogens is 1. The van der Waals surface area contributed by atoms with Gasteiger partial charge in [0.25, 0.3) is 0 Å². The van der Waals surface area contributed by atoms with Gasteiger partial charge in [-0.3, -0.25) is 0 Å². The van der Waals surface area contributed by atoms with Crippen LogP contribution in [0.5, 0.6) is 0 Å². The van der Waals surface area contributed by atoms with Gasteiger partial charge in [-0.25, -0.2) is 4.98 Å². The number of rotatable bonds is 2. The Morgan fingerprint density at radius 2 is 2.06 bits per heavy atom. The lowest BCUT2D eigenvalue weighted by Gasteiger charge is -2.27. The van der Waals surface area contributed by atoms with Crippen molar-refractivity contribution in [2.45, 2.75) is 45.1 Å². The number of hydrogen-bond donors (Lipinski definition) is 1. The Morgan fingerprint density at radius 1 is 1.38 bits per heavy atom. The van der Waals surface area contributed by atoms with Gasteiger partial charge in [0.15, 0.2) is 0 Å². The molecule has 1 heterocycles. The highest BCUT2D eigenvalue weighted by atomic mass is 35.5. The van der Waals surface area contributed by atoms with E-state index in [0.29, 0.717) is 11.1 Å². The lowest BCUT2D eigenvalue weighted by molar-refractivity contribution is 0.0846. The first-order valence-electron chi connectivity index (χ1n) is 5.98. The fraction of sp³-hybridized carbons (Fsp3) is 0.615. The van der Waals surface area contributed by atoms with Crippen molar-refractivity contribution in [2.75, 3.05) is 0 Å². The molecule has 3 heteroatoms. The summed E-state index contributed by atoms with van der Waals surface area (Å²) >= 11 is 6.04. The van der Waals surface area contributed by atoms with Gasteiger partial charge < -0.3 is 5.11 Å². The lowest BCUT2D eigenvalue weighted by Crippen LogP contribution is -2.16. The highest BCUT2D eigenvalue weighted by molar-refractivity contribution is 6.30. The number of aliphatic hydroxyl groups is 1. The second-order valence-corrected chi connectivity index (χ2v) is 5.09. The summed E-state index contributed by atoms with van der Waals surface area (Å²) in [7, 11) is 0. The number of aliphatic hydroxyl groups excluding tert-OH is 1. The predicted molar refractivity (Wildman–Crippen MR) is 65.5 cm³/mol. The minimum Gasteiger partial charge on any atom is -0.388 e. The summed E-state index contributed by atoms with van der Waals surface area (Å²) < 4.78 is 0. The van der Waals surface area contributed by atoms with Gasteiger partial charge in [0, 0.05) is 11.8 Å². The van der Waals surface area contributed by atoms with Gasteiger partial charge in [-0.1, -0.05) is 30.9 Å². The molecule has 1 fully saturated rings. The Balaban J connectivity index is 2.18. The maximum atomic E-state index is 10.3. The minimum atomic E-state index is -0.444. The maximum absolute atomic E-state index is 10.3. The molecule has 0 spiro atoms. The molecule has 0 amide bonds. The molecular weight excluding hydrogens is 222 g/mol. The van der Waals surface area contributed by atoms with E-state index in [2.05, 4.69) is 4.98 Å². The van der Waals surface area contributed by atoms with Crippen LogP contribution in [0.1, 0.15) is 49.3 Å². The van der Waals surface area contributed by atoms with Gasteiger partial charge in [0.2, 0.25) is 0 Å². The van der Waals surface area contributed by atoms with Crippen molar-refractivity contribution in [3.8, 4) is 0 Å². The van der Waals surface area contributed by atoms with Crippen LogP contribution in [0.2, 0.25) is 5.15 Å². The third-order valence-corrected chi connectivity index (χ3v) is 3.73. The first-order valence-corrected chi connectivity index (χ1v) is 6.36. The van der Waals surface area contributed by atoms with Crippen molar-refractivity contribution >= 4 is 11.6 Å². The first-order chi connectivity index (χ1) is 7.68. The molecule has 0 aromatic carbocycles. The molecule has 1 aliphatic rings. The topological polar surface area (TPSA) is 33.1 Å². The summed E-state index contributed by atoms with van der Waals surface area (Å²) in [6.45, 7) is 1.97. The highest BCUT2D eigenvalue weighted by Crippen LogP contribution is 2.36. The van der Waals surface area contributed by atoms with Crippen LogP contribution in [0.15, 0.2) is 12.3 Å². The largest absolute Gasteiger partial charge is 0.388 e. The summed E-state index contributed by atoms with van der Waals surface area (Å²) in [6.07, 6.45) is 7.23. The summed E-state index contributed by atoms with van der Waals surface area (Å²) in [6, 6.07) is 1.95. The van der Waals surface area contributed by atoms with E-state index in [4.69, 9.17) is 11.6 Å². The van der Waals surface area contributed by atoms with E-state index in [1.807, 2.05) is 13.0 Å². The molecule has 1 saturated carbocycles. The van der Waals surface area contributed by atoms with Crippen LogP contribution in [-0.4, -0.2) is 10.1 Å². The molecule has 1 aromatic heterocycles. The van der Waals surface area contributed by atoms with Gasteiger partial charge in [-0.2, -0.15) is 0 Å². The van der Waals surface area contributed by atoms with Crippen LogP contribution in [0, 0.1) is 12.8 Å². The van der Waals surface area contributed by atoms with Gasteiger partial charge >= 0.3 is 0 Å². The Hall–Kier alpha value is -0.600. The number of aromatic nitrogens is 1. The maximum Gasteiger partial charge on any atom is 0.134 e. The summed E-state index contributed by atoms with van der Waals surface area (Å²) in [5.41, 5.74) is 1.85. The zero-order valence-electron chi connectivity index (χ0n) is 9.62. The SMILES string of the molecule is Cc1cnc(Cl)c(C(O)C2CCCCC2)c1. The first kappa shape index (κ1) is 11.9. The molecular formula is C13H18ClNO. The van der Waals surface area contributed by atoms with Gasteiger partial charge in [-0.15, -0.1) is 0 Å². The molecule has 0 saturated heterocycles. The van der Waals surface area contributed by atoms with Crippen LogP contribution in [-0.2, 0) is 0 Å². The molecule has 1 aromatic rings. The molecule has 1 aliphatic carbocycles. The number of pyridine rings is 1. The summed E-state index contributed by atoms with van der Waals surface area (Å²) in [5, 5.41) is 10.8. The van der Waals surface area contributed by atoms with Crippen LogP contribution in [0.25, 0.3) is 0 Å². The Morgan fingerprint density at radius 3 is 2.75 bits per heavy atom. The number of hydrogen-bond acceptors (Lipinski definition) is 2. The minimum absolute atomic E-state index is 0.356. The standard InChI is InChI=1S/C13H18ClNO/c1-9-7-11(13(14)15-8-9)12(16)10-5-3-2-4-6-10/h7-8,10,12,16H,2-6H2,1H3. The smallest absolute Gasteiger partial charge is 0.134 e. The molecule has 1 unspecified atom stereocenters. The molecule has 16 heavy (non-hydrogen) atoms. The Bertz CT molecular complexity index is 361. The third-order valence-electron chi connectivity index (χ3n) is 3.42. The molecule has 2 rings (SSSR count). The Kier molecular flexibility index (Phi) is 3.82. The van der Waals surface area contributed by atoms with Crippen molar-refractivity contribution in [3.63, 3.8) is 0 Å². The van der Waals surface area contributed by atoms with E-state index in [9.17, 15) is 5.11 Å². The van der Waals surface area contributed by atoms with Crippen molar-refractivity contribution < 1.29 is 5.11 Å². The number of nitrogens with zero attached hydrogens (tertiary/aromatic N) is 1. The zero-order valence-corrected chi connectivity index (χ0v) is 10.4. The lowest BCUT2D eigenvalue weighted by atomic mass is 9.83. The van der Waals surface area contributed by atoms with E-state index in [1.54, 1.807) is 6.20 Å².